The Bertz CT molecular complexity index is 1240. The molecule has 2 atom stereocenters. The van der Waals surface area contributed by atoms with Crippen LogP contribution in [0.5, 0.6) is 11.5 Å². The maximum absolute atomic E-state index is 12.2. The van der Waals surface area contributed by atoms with Crippen molar-refractivity contribution in [1.29, 1.82) is 0 Å². The van der Waals surface area contributed by atoms with E-state index in [0.717, 1.165) is 21.5 Å². The first-order valence-electron chi connectivity index (χ1n) is 13.0. The first kappa shape index (κ1) is 28.6. The second-order valence-corrected chi connectivity index (χ2v) is 10.2. The van der Waals surface area contributed by atoms with Gasteiger partial charge in [0.1, 0.15) is 36.9 Å². The Balaban J connectivity index is 2.00. The molecule has 0 aromatic heterocycles. The van der Waals surface area contributed by atoms with Gasteiger partial charge < -0.3 is 18.9 Å². The number of halogens is 1. The highest BCUT2D eigenvalue weighted by Gasteiger charge is 2.22. The number of carbonyl (C=O) groups is 2. The zero-order valence-corrected chi connectivity index (χ0v) is 23.3. The Morgan fingerprint density at radius 3 is 1.57 bits per heavy atom. The number of carbonyl (C=O) groups excluding carboxylic acids is 2. The van der Waals surface area contributed by atoms with Gasteiger partial charge in [0.25, 0.3) is 0 Å². The second-order valence-electron chi connectivity index (χ2n) is 9.76. The standard InChI is InChI=1S/C30H37ClO6/c1-7-21(36-29(32)18(3)4)16-34-27-23-11-9-10-12-24(23)28(26-15-20(31)13-14-25(26)27)35-17-22(8-2)37-30(33)19(5)6/h9-15,18-19,21-22H,7-8,16-17H2,1-6H3. The maximum atomic E-state index is 12.2. The molecule has 37 heavy (non-hydrogen) atoms. The second kappa shape index (κ2) is 13.0. The fraction of sp³-hybridized carbons (Fsp3) is 0.467. The lowest BCUT2D eigenvalue weighted by Crippen LogP contribution is -2.27. The quantitative estimate of drug-likeness (QED) is 0.181. The van der Waals surface area contributed by atoms with Crippen molar-refractivity contribution >= 4 is 45.1 Å². The van der Waals surface area contributed by atoms with Crippen molar-refractivity contribution in [3.8, 4) is 11.5 Å². The summed E-state index contributed by atoms with van der Waals surface area (Å²) in [5, 5.41) is 3.90. The van der Waals surface area contributed by atoms with Crippen LogP contribution in [0.15, 0.2) is 42.5 Å². The summed E-state index contributed by atoms with van der Waals surface area (Å²) in [6.45, 7) is 11.6. The van der Waals surface area contributed by atoms with E-state index in [0.29, 0.717) is 29.4 Å². The SMILES string of the molecule is CCC(COc1c2ccccc2c(OCC(CC)OC(=O)C(C)C)c2cc(Cl)ccc12)OC(=O)C(C)C. The molecule has 0 bridgehead atoms. The minimum absolute atomic E-state index is 0.207. The molecule has 0 radical (unpaired) electrons. The van der Waals surface area contributed by atoms with Crippen molar-refractivity contribution in [3.63, 3.8) is 0 Å². The monoisotopic (exact) mass is 528 g/mol. The smallest absolute Gasteiger partial charge is 0.308 e. The van der Waals surface area contributed by atoms with E-state index in [4.69, 9.17) is 30.5 Å². The van der Waals surface area contributed by atoms with Gasteiger partial charge in [0.15, 0.2) is 0 Å². The van der Waals surface area contributed by atoms with E-state index >= 15 is 0 Å². The predicted octanol–water partition coefficient (Wildman–Crippen LogP) is 7.36. The Morgan fingerprint density at radius 1 is 0.703 bits per heavy atom. The number of esters is 2. The molecule has 200 valence electrons. The van der Waals surface area contributed by atoms with E-state index in [-0.39, 0.29) is 49.2 Å². The zero-order chi connectivity index (χ0) is 27.1. The molecule has 0 N–H and O–H groups in total. The normalized spacial score (nSPS) is 13.1. The molecule has 0 saturated carbocycles. The van der Waals surface area contributed by atoms with E-state index in [1.54, 1.807) is 0 Å². The number of fused-ring (bicyclic) bond motifs is 2. The lowest BCUT2D eigenvalue weighted by molar-refractivity contribution is -0.155. The third-order valence-electron chi connectivity index (χ3n) is 6.13. The van der Waals surface area contributed by atoms with Crippen LogP contribution in [0.2, 0.25) is 5.02 Å². The summed E-state index contributed by atoms with van der Waals surface area (Å²) in [5.41, 5.74) is 0. The summed E-state index contributed by atoms with van der Waals surface area (Å²) < 4.78 is 23.9. The number of hydrogen-bond acceptors (Lipinski definition) is 6. The van der Waals surface area contributed by atoms with Gasteiger partial charge in [0.2, 0.25) is 0 Å². The van der Waals surface area contributed by atoms with Crippen molar-refractivity contribution in [2.24, 2.45) is 11.8 Å². The van der Waals surface area contributed by atoms with Crippen LogP contribution in [0.1, 0.15) is 54.4 Å². The van der Waals surface area contributed by atoms with Gasteiger partial charge in [-0.15, -0.1) is 0 Å². The molecule has 0 saturated heterocycles. The average Bonchev–Trinajstić information content (AvgIpc) is 2.88. The number of benzene rings is 3. The van der Waals surface area contributed by atoms with Gasteiger partial charge in [0, 0.05) is 26.6 Å². The van der Waals surface area contributed by atoms with Crippen LogP contribution in [0.25, 0.3) is 21.5 Å². The number of ether oxygens (including phenoxy) is 4. The summed E-state index contributed by atoms with van der Waals surface area (Å²) >= 11 is 6.40. The molecule has 3 rings (SSSR count). The molecule has 0 heterocycles. The Morgan fingerprint density at radius 2 is 1.14 bits per heavy atom. The highest BCUT2D eigenvalue weighted by molar-refractivity contribution is 6.31. The van der Waals surface area contributed by atoms with E-state index in [2.05, 4.69) is 0 Å². The Labute approximate surface area is 224 Å². The lowest BCUT2D eigenvalue weighted by Gasteiger charge is -2.23. The van der Waals surface area contributed by atoms with Crippen LogP contribution < -0.4 is 9.47 Å². The predicted molar refractivity (Wildman–Crippen MR) is 147 cm³/mol. The van der Waals surface area contributed by atoms with E-state index in [1.807, 2.05) is 84.0 Å². The van der Waals surface area contributed by atoms with Crippen LogP contribution >= 0.6 is 11.6 Å². The average molecular weight is 529 g/mol. The van der Waals surface area contributed by atoms with E-state index < -0.39 is 0 Å². The topological polar surface area (TPSA) is 71.1 Å². The van der Waals surface area contributed by atoms with Gasteiger partial charge in [-0.05, 0) is 31.0 Å². The van der Waals surface area contributed by atoms with Gasteiger partial charge >= 0.3 is 11.9 Å². The van der Waals surface area contributed by atoms with E-state index in [9.17, 15) is 9.59 Å². The summed E-state index contributed by atoms with van der Waals surface area (Å²) in [6.07, 6.45) is 0.520. The third-order valence-corrected chi connectivity index (χ3v) is 6.37. The van der Waals surface area contributed by atoms with Crippen molar-refractivity contribution in [1.82, 2.24) is 0 Å². The van der Waals surface area contributed by atoms with Crippen molar-refractivity contribution in [2.75, 3.05) is 13.2 Å². The van der Waals surface area contributed by atoms with Gasteiger partial charge in [-0.2, -0.15) is 0 Å². The number of hydrogen-bond donors (Lipinski definition) is 0. The van der Waals surface area contributed by atoms with Crippen molar-refractivity contribution < 1.29 is 28.5 Å². The fourth-order valence-electron chi connectivity index (χ4n) is 3.81. The Hall–Kier alpha value is -2.99. The zero-order valence-electron chi connectivity index (χ0n) is 22.5. The molecule has 7 heteroatoms. The first-order valence-corrected chi connectivity index (χ1v) is 13.3. The highest BCUT2D eigenvalue weighted by atomic mass is 35.5. The fourth-order valence-corrected chi connectivity index (χ4v) is 3.98. The van der Waals surface area contributed by atoms with Gasteiger partial charge in [0.05, 0.1) is 11.8 Å². The molecular weight excluding hydrogens is 492 g/mol. The molecule has 0 fully saturated rings. The minimum atomic E-state index is -0.375. The largest absolute Gasteiger partial charge is 0.488 e. The molecule has 0 aliphatic carbocycles. The highest BCUT2D eigenvalue weighted by Crippen LogP contribution is 2.43. The molecule has 3 aromatic carbocycles. The molecular formula is C30H37ClO6. The van der Waals surface area contributed by atoms with Gasteiger partial charge in [-0.1, -0.05) is 77.4 Å². The number of rotatable bonds is 12. The minimum Gasteiger partial charge on any atom is -0.488 e. The van der Waals surface area contributed by atoms with Crippen molar-refractivity contribution in [3.05, 3.63) is 47.5 Å². The molecule has 6 nitrogen and oxygen atoms in total. The molecule has 2 unspecified atom stereocenters. The maximum Gasteiger partial charge on any atom is 0.308 e. The van der Waals surface area contributed by atoms with Crippen LogP contribution in [0.3, 0.4) is 0 Å². The van der Waals surface area contributed by atoms with Gasteiger partial charge in [-0.25, -0.2) is 0 Å². The summed E-state index contributed by atoms with van der Waals surface area (Å²) in [5.74, 6) is 0.411. The van der Waals surface area contributed by atoms with Gasteiger partial charge in [-0.3, -0.25) is 9.59 Å². The Kier molecular flexibility index (Phi) is 10.0. The summed E-state index contributed by atoms with van der Waals surface area (Å²) in [7, 11) is 0. The van der Waals surface area contributed by atoms with E-state index in [1.165, 1.54) is 0 Å². The van der Waals surface area contributed by atoms with Crippen molar-refractivity contribution in [2.45, 2.75) is 66.6 Å². The van der Waals surface area contributed by atoms with Crippen LogP contribution in [-0.4, -0.2) is 37.4 Å². The van der Waals surface area contributed by atoms with Crippen LogP contribution in [-0.2, 0) is 19.1 Å². The molecule has 0 spiro atoms. The summed E-state index contributed by atoms with van der Waals surface area (Å²) in [4.78, 5) is 24.3. The molecule has 0 amide bonds. The lowest BCUT2D eigenvalue weighted by atomic mass is 10.0. The third kappa shape index (κ3) is 7.07. The molecule has 3 aromatic rings. The summed E-state index contributed by atoms with van der Waals surface area (Å²) in [6, 6.07) is 13.4. The molecule has 0 aliphatic rings. The van der Waals surface area contributed by atoms with Crippen LogP contribution in [0.4, 0.5) is 0 Å². The van der Waals surface area contributed by atoms with Crippen LogP contribution in [0, 0.1) is 11.8 Å². The molecule has 0 aliphatic heterocycles. The first-order chi connectivity index (χ1) is 17.7.